The molecule has 1 aromatic carbocycles. The van der Waals surface area contributed by atoms with Gasteiger partial charge in [-0.25, -0.2) is 9.97 Å². The van der Waals surface area contributed by atoms with E-state index in [4.69, 9.17) is 0 Å². The third-order valence-electron chi connectivity index (χ3n) is 6.25. The highest BCUT2D eigenvalue weighted by Gasteiger charge is 2.17. The fourth-order valence-electron chi connectivity index (χ4n) is 4.11. The van der Waals surface area contributed by atoms with Crippen LogP contribution < -0.4 is 9.80 Å². The second-order valence-electron chi connectivity index (χ2n) is 9.06. The van der Waals surface area contributed by atoms with Crippen LogP contribution in [0.4, 0.5) is 11.6 Å². The number of Topliss-reactive ketones (excluding diaryl/α,β-unsaturated/α-hetero) is 1. The van der Waals surface area contributed by atoms with Gasteiger partial charge in [-0.15, -0.1) is 0 Å². The lowest BCUT2D eigenvalue weighted by atomic mass is 10.0. The molecule has 35 heavy (non-hydrogen) atoms. The monoisotopic (exact) mass is 468 g/mol. The summed E-state index contributed by atoms with van der Waals surface area (Å²) < 4.78 is 0. The van der Waals surface area contributed by atoms with Crippen LogP contribution in [-0.2, 0) is 6.42 Å². The standard InChI is InChI=1S/C26H28N8O/c1-32(2)26-17-27-16-23(29-26)18-4-5-22-20(12-18)13-21(30-31-22)15-24(35)19-6-7-28-25(14-19)34-10-8-33(3)9-11-34/h4-7,12-14,16-17H,8-11,15H2,1-3H3. The first-order valence-corrected chi connectivity index (χ1v) is 11.6. The molecule has 0 unspecified atom stereocenters. The molecule has 0 amide bonds. The normalized spacial score (nSPS) is 14.3. The number of aromatic nitrogens is 5. The van der Waals surface area contributed by atoms with Crippen LogP contribution in [0.2, 0.25) is 0 Å². The van der Waals surface area contributed by atoms with Crippen molar-refractivity contribution in [1.29, 1.82) is 0 Å². The number of hydrogen-bond acceptors (Lipinski definition) is 9. The SMILES string of the molecule is CN1CCN(c2cc(C(=O)Cc3cc4cc(-c5cncc(N(C)C)n5)ccc4nn3)ccn2)CC1. The van der Waals surface area contributed by atoms with Crippen molar-refractivity contribution >= 4 is 28.3 Å². The first-order chi connectivity index (χ1) is 17.0. The quantitative estimate of drug-likeness (QED) is 0.396. The molecule has 4 heterocycles. The van der Waals surface area contributed by atoms with Gasteiger partial charge in [-0.1, -0.05) is 6.07 Å². The molecule has 9 heteroatoms. The lowest BCUT2D eigenvalue weighted by Crippen LogP contribution is -2.44. The van der Waals surface area contributed by atoms with Gasteiger partial charge >= 0.3 is 0 Å². The molecule has 9 nitrogen and oxygen atoms in total. The van der Waals surface area contributed by atoms with E-state index in [9.17, 15) is 4.79 Å². The maximum absolute atomic E-state index is 13.1. The van der Waals surface area contributed by atoms with Crippen molar-refractivity contribution < 1.29 is 4.79 Å². The fourth-order valence-corrected chi connectivity index (χ4v) is 4.11. The molecule has 5 rings (SSSR count). The summed E-state index contributed by atoms with van der Waals surface area (Å²) in [5, 5.41) is 9.54. The third-order valence-corrected chi connectivity index (χ3v) is 6.25. The number of nitrogens with zero attached hydrogens (tertiary/aromatic N) is 8. The summed E-state index contributed by atoms with van der Waals surface area (Å²) in [6.45, 7) is 3.78. The zero-order valence-corrected chi connectivity index (χ0v) is 20.2. The van der Waals surface area contributed by atoms with Crippen LogP contribution in [0, 0.1) is 0 Å². The van der Waals surface area contributed by atoms with Crippen molar-refractivity contribution in [2.75, 3.05) is 57.1 Å². The molecule has 3 aromatic heterocycles. The lowest BCUT2D eigenvalue weighted by Gasteiger charge is -2.33. The summed E-state index contributed by atoms with van der Waals surface area (Å²) in [6.07, 6.45) is 5.36. The molecule has 1 saturated heterocycles. The number of benzene rings is 1. The second kappa shape index (κ2) is 9.71. The van der Waals surface area contributed by atoms with Gasteiger partial charge in [0, 0.05) is 63.0 Å². The van der Waals surface area contributed by atoms with E-state index in [1.165, 1.54) is 0 Å². The van der Waals surface area contributed by atoms with E-state index in [1.807, 2.05) is 49.3 Å². The maximum Gasteiger partial charge on any atom is 0.169 e. The van der Waals surface area contributed by atoms with Crippen molar-refractivity contribution in [3.05, 3.63) is 66.2 Å². The predicted octanol–water partition coefficient (Wildman–Crippen LogP) is 2.73. The van der Waals surface area contributed by atoms with Gasteiger partial charge in [0.15, 0.2) is 5.78 Å². The number of ketones is 1. The molecule has 0 atom stereocenters. The summed E-state index contributed by atoms with van der Waals surface area (Å²) in [4.78, 5) is 33.0. The Hall–Kier alpha value is -3.98. The van der Waals surface area contributed by atoms with Gasteiger partial charge in [-0.2, -0.15) is 10.2 Å². The largest absolute Gasteiger partial charge is 0.361 e. The van der Waals surface area contributed by atoms with Gasteiger partial charge in [-0.05, 0) is 37.4 Å². The van der Waals surface area contributed by atoms with Crippen LogP contribution in [0.15, 0.2) is 55.0 Å². The van der Waals surface area contributed by atoms with Crippen molar-refractivity contribution in [2.45, 2.75) is 6.42 Å². The van der Waals surface area contributed by atoms with E-state index in [2.05, 4.69) is 42.0 Å². The van der Waals surface area contributed by atoms with E-state index in [0.717, 1.165) is 60.0 Å². The zero-order chi connectivity index (χ0) is 24.4. The molecule has 0 aliphatic carbocycles. The Morgan fingerprint density at radius 2 is 1.83 bits per heavy atom. The van der Waals surface area contributed by atoms with E-state index in [1.54, 1.807) is 24.7 Å². The summed E-state index contributed by atoms with van der Waals surface area (Å²) in [6, 6.07) is 11.5. The molecule has 0 bridgehead atoms. The number of rotatable bonds is 6. The highest BCUT2D eigenvalue weighted by molar-refractivity contribution is 5.98. The van der Waals surface area contributed by atoms with Crippen molar-refractivity contribution in [3.8, 4) is 11.3 Å². The highest BCUT2D eigenvalue weighted by atomic mass is 16.1. The summed E-state index contributed by atoms with van der Waals surface area (Å²) in [5.41, 5.74) is 3.75. The minimum atomic E-state index is -0.00265. The van der Waals surface area contributed by atoms with E-state index in [-0.39, 0.29) is 12.2 Å². The van der Waals surface area contributed by atoms with E-state index in [0.29, 0.717) is 11.3 Å². The Balaban J connectivity index is 1.36. The van der Waals surface area contributed by atoms with Crippen molar-refractivity contribution in [1.82, 2.24) is 30.0 Å². The van der Waals surface area contributed by atoms with Crippen molar-refractivity contribution in [2.24, 2.45) is 0 Å². The minimum absolute atomic E-state index is 0.00265. The van der Waals surface area contributed by atoms with Gasteiger partial charge in [0.05, 0.1) is 35.7 Å². The van der Waals surface area contributed by atoms with Crippen LogP contribution in [-0.4, -0.2) is 83.2 Å². The number of carbonyl (C=O) groups excluding carboxylic acids is 1. The summed E-state index contributed by atoms with van der Waals surface area (Å²) in [7, 11) is 5.99. The third kappa shape index (κ3) is 5.09. The summed E-state index contributed by atoms with van der Waals surface area (Å²) in [5.74, 6) is 1.63. The average molecular weight is 469 g/mol. The fraction of sp³-hybridized carbons (Fsp3) is 0.308. The Morgan fingerprint density at radius 1 is 1.00 bits per heavy atom. The average Bonchev–Trinajstić information content (AvgIpc) is 2.89. The molecule has 1 aliphatic heterocycles. The molecule has 1 aliphatic rings. The molecular formula is C26H28N8O. The molecule has 0 saturated carbocycles. The number of hydrogen-bond donors (Lipinski definition) is 0. The van der Waals surface area contributed by atoms with Gasteiger partial charge in [0.25, 0.3) is 0 Å². The van der Waals surface area contributed by atoms with Crippen LogP contribution in [0.5, 0.6) is 0 Å². The van der Waals surface area contributed by atoms with Crippen LogP contribution >= 0.6 is 0 Å². The Bertz CT molecular complexity index is 1360. The molecule has 4 aromatic rings. The smallest absolute Gasteiger partial charge is 0.169 e. The first kappa shape index (κ1) is 22.8. The number of anilines is 2. The Kier molecular flexibility index (Phi) is 6.33. The van der Waals surface area contributed by atoms with Crippen LogP contribution in [0.1, 0.15) is 16.1 Å². The number of piperazine rings is 1. The van der Waals surface area contributed by atoms with Gasteiger partial charge in [-0.3, -0.25) is 9.78 Å². The van der Waals surface area contributed by atoms with E-state index >= 15 is 0 Å². The van der Waals surface area contributed by atoms with Crippen molar-refractivity contribution in [3.63, 3.8) is 0 Å². The van der Waals surface area contributed by atoms with Gasteiger partial charge < -0.3 is 14.7 Å². The number of carbonyl (C=O) groups is 1. The molecule has 0 N–H and O–H groups in total. The topological polar surface area (TPSA) is 91.2 Å². The van der Waals surface area contributed by atoms with E-state index < -0.39 is 0 Å². The predicted molar refractivity (Wildman–Crippen MR) is 137 cm³/mol. The molecule has 0 spiro atoms. The van der Waals surface area contributed by atoms with Crippen LogP contribution in [0.25, 0.3) is 22.2 Å². The highest BCUT2D eigenvalue weighted by Crippen LogP contribution is 2.24. The molecule has 0 radical (unpaired) electrons. The molecular weight excluding hydrogens is 440 g/mol. The number of likely N-dealkylation sites (N-methyl/N-ethyl adjacent to an activating group) is 1. The maximum atomic E-state index is 13.1. The second-order valence-corrected chi connectivity index (χ2v) is 9.06. The zero-order valence-electron chi connectivity index (χ0n) is 20.2. The van der Waals surface area contributed by atoms with Gasteiger partial charge in [0.2, 0.25) is 0 Å². The summed E-state index contributed by atoms with van der Waals surface area (Å²) >= 11 is 0. The minimum Gasteiger partial charge on any atom is -0.361 e. The van der Waals surface area contributed by atoms with Crippen LogP contribution in [0.3, 0.4) is 0 Å². The molecule has 178 valence electrons. The lowest BCUT2D eigenvalue weighted by molar-refractivity contribution is 0.0991. The first-order valence-electron chi connectivity index (χ1n) is 11.6. The van der Waals surface area contributed by atoms with Gasteiger partial charge in [0.1, 0.15) is 11.6 Å². The molecule has 1 fully saturated rings. The number of fused-ring (bicyclic) bond motifs is 1. The number of pyridine rings is 1. The Labute approximate surface area is 204 Å². The Morgan fingerprint density at radius 3 is 2.63 bits per heavy atom.